The van der Waals surface area contributed by atoms with Crippen molar-refractivity contribution in [3.8, 4) is 0 Å². The fraction of sp³-hybridized carbons (Fsp3) is 0.435. The van der Waals surface area contributed by atoms with Gasteiger partial charge in [-0.3, -0.25) is 9.52 Å². The lowest BCUT2D eigenvalue weighted by atomic mass is 9.99. The van der Waals surface area contributed by atoms with Crippen molar-refractivity contribution in [2.45, 2.75) is 57.1 Å². The van der Waals surface area contributed by atoms with Crippen LogP contribution in [0.3, 0.4) is 0 Å². The lowest BCUT2D eigenvalue weighted by Gasteiger charge is -2.35. The van der Waals surface area contributed by atoms with Crippen molar-refractivity contribution in [3.63, 3.8) is 0 Å². The van der Waals surface area contributed by atoms with Crippen LogP contribution >= 0.6 is 0 Å². The van der Waals surface area contributed by atoms with Gasteiger partial charge in [-0.2, -0.15) is 0 Å². The number of hydrogen-bond acceptors (Lipinski definition) is 4. The first kappa shape index (κ1) is 22.3. The van der Waals surface area contributed by atoms with Crippen LogP contribution in [0.15, 0.2) is 53.4 Å². The summed E-state index contributed by atoms with van der Waals surface area (Å²) in [6.07, 6.45) is 0.856. The molecule has 162 valence electrons. The van der Waals surface area contributed by atoms with Crippen LogP contribution in [0.5, 0.6) is 0 Å². The van der Waals surface area contributed by atoms with Gasteiger partial charge in [0.25, 0.3) is 15.9 Å². The first-order valence-electron chi connectivity index (χ1n) is 10.4. The van der Waals surface area contributed by atoms with Crippen molar-refractivity contribution >= 4 is 21.6 Å². The molecule has 3 atom stereocenters. The summed E-state index contributed by atoms with van der Waals surface area (Å²) in [6.45, 7) is 9.00. The fourth-order valence-corrected chi connectivity index (χ4v) is 4.77. The van der Waals surface area contributed by atoms with E-state index in [2.05, 4.69) is 18.6 Å². The second-order valence-corrected chi connectivity index (χ2v) is 9.68. The molecule has 0 saturated carbocycles. The van der Waals surface area contributed by atoms with Crippen LogP contribution in [0.4, 0.5) is 5.69 Å². The normalized spacial score (nSPS) is 20.6. The molecule has 1 fully saturated rings. The maximum Gasteiger partial charge on any atom is 0.261 e. The van der Waals surface area contributed by atoms with Gasteiger partial charge in [0.15, 0.2) is 0 Å². The molecule has 0 aromatic heterocycles. The molecule has 0 radical (unpaired) electrons. The monoisotopic (exact) mass is 430 g/mol. The number of nitrogens with zero attached hydrogens (tertiary/aromatic N) is 1. The number of carbonyl (C=O) groups is 1. The first-order valence-corrected chi connectivity index (χ1v) is 11.9. The second-order valence-electron chi connectivity index (χ2n) is 8.00. The Labute approximate surface area is 179 Å². The quantitative estimate of drug-likeness (QED) is 0.743. The van der Waals surface area contributed by atoms with Crippen molar-refractivity contribution in [1.29, 1.82) is 0 Å². The number of amides is 1. The molecule has 7 heteroatoms. The number of morpholine rings is 1. The Bertz CT molecular complexity index is 979. The molecule has 2 aromatic carbocycles. The third-order valence-electron chi connectivity index (χ3n) is 5.48. The molecule has 1 heterocycles. The molecular weight excluding hydrogens is 400 g/mol. The van der Waals surface area contributed by atoms with Crippen molar-refractivity contribution in [2.24, 2.45) is 0 Å². The van der Waals surface area contributed by atoms with E-state index in [-0.39, 0.29) is 28.7 Å². The van der Waals surface area contributed by atoms with Crippen LogP contribution < -0.4 is 4.72 Å². The van der Waals surface area contributed by atoms with Crippen LogP contribution in [0.2, 0.25) is 0 Å². The van der Waals surface area contributed by atoms with E-state index in [0.29, 0.717) is 24.6 Å². The molecule has 1 N–H and O–H groups in total. The third-order valence-corrected chi connectivity index (χ3v) is 6.86. The highest BCUT2D eigenvalue weighted by atomic mass is 32.2. The average Bonchev–Trinajstić information content (AvgIpc) is 2.72. The van der Waals surface area contributed by atoms with Gasteiger partial charge in [-0.1, -0.05) is 38.1 Å². The van der Waals surface area contributed by atoms with E-state index in [4.69, 9.17) is 4.74 Å². The Morgan fingerprint density at radius 3 is 2.30 bits per heavy atom. The summed E-state index contributed by atoms with van der Waals surface area (Å²) in [7, 11) is -3.82. The number of carbonyl (C=O) groups excluding carboxylic acids is 1. The summed E-state index contributed by atoms with van der Waals surface area (Å²) in [5.41, 5.74) is 1.71. The van der Waals surface area contributed by atoms with Crippen LogP contribution in [-0.4, -0.2) is 44.5 Å². The van der Waals surface area contributed by atoms with Gasteiger partial charge in [-0.15, -0.1) is 0 Å². The van der Waals surface area contributed by atoms with Crippen LogP contribution in [0.1, 0.15) is 56.0 Å². The van der Waals surface area contributed by atoms with E-state index >= 15 is 0 Å². The number of hydrogen-bond donors (Lipinski definition) is 1. The highest BCUT2D eigenvalue weighted by Crippen LogP contribution is 2.25. The summed E-state index contributed by atoms with van der Waals surface area (Å²) in [6, 6.07) is 13.6. The average molecular weight is 431 g/mol. The van der Waals surface area contributed by atoms with E-state index in [1.807, 2.05) is 26.0 Å². The van der Waals surface area contributed by atoms with Crippen LogP contribution in [0.25, 0.3) is 0 Å². The molecule has 3 rings (SSSR count). The third kappa shape index (κ3) is 5.02. The maximum absolute atomic E-state index is 13.1. The minimum absolute atomic E-state index is 0.0643. The van der Waals surface area contributed by atoms with Gasteiger partial charge in [-0.05, 0) is 56.0 Å². The Hall–Kier alpha value is -2.38. The molecule has 2 aromatic rings. The number of para-hydroxylation sites is 1. The molecule has 1 aliphatic rings. The SMILES string of the molecule is CC[C@@H](C)c1ccc(S(=O)(=O)Nc2ccccc2C(=O)N2C[C@@H](C)O[C@@H](C)C2)cc1. The second kappa shape index (κ2) is 9.18. The van der Waals surface area contributed by atoms with Gasteiger partial charge in [-0.25, -0.2) is 8.42 Å². The zero-order valence-electron chi connectivity index (χ0n) is 18.0. The Morgan fingerprint density at radius 2 is 1.70 bits per heavy atom. The molecule has 1 aliphatic heterocycles. The number of rotatable bonds is 6. The van der Waals surface area contributed by atoms with Gasteiger partial charge in [0.2, 0.25) is 0 Å². The number of nitrogens with one attached hydrogen (secondary N) is 1. The summed E-state index contributed by atoms with van der Waals surface area (Å²) < 4.78 is 34.2. The Morgan fingerprint density at radius 1 is 1.10 bits per heavy atom. The number of benzene rings is 2. The predicted octanol–water partition coefficient (Wildman–Crippen LogP) is 4.25. The zero-order chi connectivity index (χ0) is 21.9. The summed E-state index contributed by atoms with van der Waals surface area (Å²) in [5.74, 6) is 0.161. The lowest BCUT2D eigenvalue weighted by Crippen LogP contribution is -2.48. The molecule has 1 amide bonds. The highest BCUT2D eigenvalue weighted by Gasteiger charge is 2.28. The largest absolute Gasteiger partial charge is 0.372 e. The number of sulfonamides is 1. The number of anilines is 1. The van der Waals surface area contributed by atoms with Crippen LogP contribution in [-0.2, 0) is 14.8 Å². The Balaban J connectivity index is 1.84. The molecular formula is C23H30N2O4S. The number of ether oxygens (including phenoxy) is 1. The van der Waals surface area contributed by atoms with Gasteiger partial charge < -0.3 is 9.64 Å². The molecule has 0 unspecified atom stereocenters. The molecule has 0 aliphatic carbocycles. The minimum Gasteiger partial charge on any atom is -0.372 e. The van der Waals surface area contributed by atoms with Gasteiger partial charge >= 0.3 is 0 Å². The summed E-state index contributed by atoms with van der Waals surface area (Å²) in [4.78, 5) is 15.0. The van der Waals surface area contributed by atoms with Crippen molar-refractivity contribution in [1.82, 2.24) is 4.90 Å². The molecule has 6 nitrogen and oxygen atoms in total. The van der Waals surface area contributed by atoms with Crippen molar-refractivity contribution in [3.05, 3.63) is 59.7 Å². The molecule has 30 heavy (non-hydrogen) atoms. The maximum atomic E-state index is 13.1. The molecule has 1 saturated heterocycles. The van der Waals surface area contributed by atoms with E-state index < -0.39 is 10.0 Å². The van der Waals surface area contributed by atoms with E-state index in [9.17, 15) is 13.2 Å². The first-order chi connectivity index (χ1) is 14.2. The van der Waals surface area contributed by atoms with E-state index in [1.165, 1.54) is 0 Å². The Kier molecular flexibility index (Phi) is 6.83. The lowest BCUT2D eigenvalue weighted by molar-refractivity contribution is -0.0585. The van der Waals surface area contributed by atoms with Crippen molar-refractivity contribution in [2.75, 3.05) is 17.8 Å². The van der Waals surface area contributed by atoms with E-state index in [0.717, 1.165) is 12.0 Å². The zero-order valence-corrected chi connectivity index (χ0v) is 18.8. The standard InChI is InChI=1S/C23H30N2O4S/c1-5-16(2)19-10-12-20(13-11-19)30(27,28)24-22-9-7-6-8-21(22)23(26)25-14-17(3)29-18(4)15-25/h6-13,16-18,24H,5,14-15H2,1-4H3/t16-,17-,18+/m1/s1. The topological polar surface area (TPSA) is 75.7 Å². The summed E-state index contributed by atoms with van der Waals surface area (Å²) >= 11 is 0. The predicted molar refractivity (Wildman–Crippen MR) is 118 cm³/mol. The van der Waals surface area contributed by atoms with Gasteiger partial charge in [0.1, 0.15) is 0 Å². The summed E-state index contributed by atoms with van der Waals surface area (Å²) in [5, 5.41) is 0. The fourth-order valence-electron chi connectivity index (χ4n) is 3.69. The smallest absolute Gasteiger partial charge is 0.261 e. The van der Waals surface area contributed by atoms with Gasteiger partial charge in [0.05, 0.1) is 28.4 Å². The highest BCUT2D eigenvalue weighted by molar-refractivity contribution is 7.92. The minimum atomic E-state index is -3.82. The molecule has 0 spiro atoms. The molecule has 0 bridgehead atoms. The van der Waals surface area contributed by atoms with Gasteiger partial charge in [0, 0.05) is 13.1 Å². The van der Waals surface area contributed by atoms with E-state index in [1.54, 1.807) is 41.3 Å². The van der Waals surface area contributed by atoms with Crippen molar-refractivity contribution < 1.29 is 17.9 Å². The van der Waals surface area contributed by atoms with Crippen LogP contribution in [0, 0.1) is 0 Å².